The fraction of sp³-hybridized carbons (Fsp3) is 0.417. The van der Waals surface area contributed by atoms with Gasteiger partial charge in [-0.1, -0.05) is 0 Å². The number of halogens is 2. The maximum atomic E-state index is 4.81. The van der Waals surface area contributed by atoms with E-state index in [2.05, 4.69) is 43.2 Å². The number of hydrogen-bond donors (Lipinski definition) is 1. The number of thiophene rings is 1. The van der Waals surface area contributed by atoms with Crippen LogP contribution in [0.1, 0.15) is 32.9 Å². The summed E-state index contributed by atoms with van der Waals surface area (Å²) in [7, 11) is 2.00. The van der Waals surface area contributed by atoms with E-state index in [1.807, 2.05) is 18.4 Å². The molecule has 0 fully saturated rings. The SMILES string of the molecule is CNC(c1cc(Br)c(Br)s1)c1nc2c(s1)CCC2. The molecule has 0 aromatic carbocycles. The van der Waals surface area contributed by atoms with E-state index in [-0.39, 0.29) is 6.04 Å². The molecule has 0 spiro atoms. The minimum Gasteiger partial charge on any atom is -0.307 e. The second kappa shape index (κ2) is 5.32. The van der Waals surface area contributed by atoms with E-state index in [0.29, 0.717) is 0 Å². The highest BCUT2D eigenvalue weighted by Gasteiger charge is 2.23. The third-order valence-electron chi connectivity index (χ3n) is 3.10. The largest absolute Gasteiger partial charge is 0.307 e. The lowest BCUT2D eigenvalue weighted by Crippen LogP contribution is -2.16. The zero-order valence-corrected chi connectivity index (χ0v) is 14.6. The topological polar surface area (TPSA) is 24.9 Å². The lowest BCUT2D eigenvalue weighted by Gasteiger charge is -2.11. The van der Waals surface area contributed by atoms with Gasteiger partial charge in [-0.15, -0.1) is 22.7 Å². The molecule has 96 valence electrons. The summed E-state index contributed by atoms with van der Waals surface area (Å²) in [5, 5.41) is 4.58. The monoisotopic (exact) mass is 406 g/mol. The van der Waals surface area contributed by atoms with Gasteiger partial charge in [0, 0.05) is 14.2 Å². The van der Waals surface area contributed by atoms with Crippen molar-refractivity contribution in [2.45, 2.75) is 25.3 Å². The Hall–Kier alpha value is 0.250. The number of thiazole rings is 1. The molecule has 1 atom stereocenters. The molecular weight excluding hydrogens is 396 g/mol. The Labute approximate surface area is 131 Å². The van der Waals surface area contributed by atoms with Crippen molar-refractivity contribution < 1.29 is 0 Å². The number of fused-ring (bicyclic) bond motifs is 1. The zero-order chi connectivity index (χ0) is 12.7. The van der Waals surface area contributed by atoms with Gasteiger partial charge in [0.15, 0.2) is 0 Å². The minimum atomic E-state index is 0.216. The fourth-order valence-electron chi connectivity index (χ4n) is 2.23. The van der Waals surface area contributed by atoms with Gasteiger partial charge in [0.1, 0.15) is 5.01 Å². The van der Waals surface area contributed by atoms with Gasteiger partial charge in [0.25, 0.3) is 0 Å². The molecule has 1 N–H and O–H groups in total. The molecule has 6 heteroatoms. The lowest BCUT2D eigenvalue weighted by molar-refractivity contribution is 0.694. The third kappa shape index (κ3) is 2.33. The van der Waals surface area contributed by atoms with Crippen molar-refractivity contribution in [3.63, 3.8) is 0 Å². The Morgan fingerprint density at radius 2 is 2.17 bits per heavy atom. The fourth-order valence-corrected chi connectivity index (χ4v) is 5.79. The smallest absolute Gasteiger partial charge is 0.115 e. The standard InChI is InChI=1S/C12H12Br2N2S2/c1-15-10(9-5-6(13)11(14)17-9)12-16-7-3-2-4-8(7)18-12/h5,10,15H,2-4H2,1H3. The molecule has 0 radical (unpaired) electrons. The number of nitrogens with zero attached hydrogens (tertiary/aromatic N) is 1. The molecule has 1 aliphatic carbocycles. The van der Waals surface area contributed by atoms with E-state index in [1.54, 1.807) is 11.3 Å². The van der Waals surface area contributed by atoms with Crippen LogP contribution in [0.4, 0.5) is 0 Å². The third-order valence-corrected chi connectivity index (χ3v) is 7.64. The van der Waals surface area contributed by atoms with Gasteiger partial charge < -0.3 is 5.32 Å². The quantitative estimate of drug-likeness (QED) is 0.808. The molecule has 0 aliphatic heterocycles. The van der Waals surface area contributed by atoms with Crippen molar-refractivity contribution >= 4 is 54.5 Å². The van der Waals surface area contributed by atoms with Crippen LogP contribution in [0.5, 0.6) is 0 Å². The van der Waals surface area contributed by atoms with Gasteiger partial charge in [-0.3, -0.25) is 0 Å². The van der Waals surface area contributed by atoms with Gasteiger partial charge >= 0.3 is 0 Å². The van der Waals surface area contributed by atoms with E-state index in [4.69, 9.17) is 4.98 Å². The molecule has 0 saturated heterocycles. The minimum absolute atomic E-state index is 0.216. The molecule has 0 saturated carbocycles. The van der Waals surface area contributed by atoms with Crippen LogP contribution in [0, 0.1) is 0 Å². The van der Waals surface area contributed by atoms with Crippen LogP contribution >= 0.6 is 54.5 Å². The summed E-state index contributed by atoms with van der Waals surface area (Å²) in [6.07, 6.45) is 3.64. The highest BCUT2D eigenvalue weighted by Crippen LogP contribution is 2.39. The molecule has 3 rings (SSSR count). The van der Waals surface area contributed by atoms with Crippen LogP contribution in [-0.2, 0) is 12.8 Å². The molecule has 2 aromatic rings. The second-order valence-corrected chi connectivity index (χ2v) is 8.64. The van der Waals surface area contributed by atoms with Crippen molar-refractivity contribution in [2.75, 3.05) is 7.05 Å². The Bertz CT molecular complexity index is 536. The van der Waals surface area contributed by atoms with E-state index in [0.717, 1.165) is 14.7 Å². The molecule has 2 aromatic heterocycles. The summed E-state index contributed by atoms with van der Waals surface area (Å²) in [6, 6.07) is 2.39. The van der Waals surface area contributed by atoms with Crippen molar-refractivity contribution in [3.05, 3.63) is 34.8 Å². The van der Waals surface area contributed by atoms with Crippen molar-refractivity contribution in [3.8, 4) is 0 Å². The van der Waals surface area contributed by atoms with E-state index >= 15 is 0 Å². The highest BCUT2D eigenvalue weighted by molar-refractivity contribution is 9.13. The predicted octanol–water partition coefficient (Wildman–Crippen LogP) is 4.53. The van der Waals surface area contributed by atoms with Crippen LogP contribution in [0.2, 0.25) is 0 Å². The van der Waals surface area contributed by atoms with Crippen LogP contribution < -0.4 is 5.32 Å². The molecule has 2 nitrogen and oxygen atoms in total. The maximum Gasteiger partial charge on any atom is 0.115 e. The van der Waals surface area contributed by atoms with E-state index in [1.165, 1.54) is 33.3 Å². The first kappa shape index (κ1) is 13.2. The first-order chi connectivity index (χ1) is 8.69. The van der Waals surface area contributed by atoms with E-state index in [9.17, 15) is 0 Å². The average molecular weight is 408 g/mol. The highest BCUT2D eigenvalue weighted by atomic mass is 79.9. The van der Waals surface area contributed by atoms with E-state index < -0.39 is 0 Å². The van der Waals surface area contributed by atoms with Crippen LogP contribution in [0.3, 0.4) is 0 Å². The summed E-state index contributed by atoms with van der Waals surface area (Å²) in [5.41, 5.74) is 1.32. The summed E-state index contributed by atoms with van der Waals surface area (Å²) >= 11 is 10.7. The molecule has 0 bridgehead atoms. The Morgan fingerprint density at radius 1 is 1.33 bits per heavy atom. The average Bonchev–Trinajstić information content (AvgIpc) is 2.96. The lowest BCUT2D eigenvalue weighted by atomic mass is 10.2. The van der Waals surface area contributed by atoms with Gasteiger partial charge in [0.05, 0.1) is 15.5 Å². The number of hydrogen-bond acceptors (Lipinski definition) is 4. The molecule has 1 unspecified atom stereocenters. The molecular formula is C12H12Br2N2S2. The van der Waals surface area contributed by atoms with Crippen molar-refractivity contribution in [2.24, 2.45) is 0 Å². The predicted molar refractivity (Wildman–Crippen MR) is 84.8 cm³/mol. The number of nitrogens with one attached hydrogen (secondary N) is 1. The van der Waals surface area contributed by atoms with Crippen LogP contribution in [0.25, 0.3) is 0 Å². The first-order valence-corrected chi connectivity index (χ1v) is 9.01. The summed E-state index contributed by atoms with van der Waals surface area (Å²) in [5.74, 6) is 0. The zero-order valence-electron chi connectivity index (χ0n) is 9.80. The Balaban J connectivity index is 1.96. The molecule has 0 amide bonds. The van der Waals surface area contributed by atoms with Gasteiger partial charge in [-0.2, -0.15) is 0 Å². The van der Waals surface area contributed by atoms with Crippen molar-refractivity contribution in [1.82, 2.24) is 10.3 Å². The molecule has 18 heavy (non-hydrogen) atoms. The summed E-state index contributed by atoms with van der Waals surface area (Å²) in [6.45, 7) is 0. The Kier molecular flexibility index (Phi) is 3.92. The van der Waals surface area contributed by atoms with Crippen LogP contribution in [-0.4, -0.2) is 12.0 Å². The summed E-state index contributed by atoms with van der Waals surface area (Å²) in [4.78, 5) is 7.59. The number of aryl methyl sites for hydroxylation is 2. The Morgan fingerprint density at radius 3 is 2.78 bits per heavy atom. The maximum absolute atomic E-state index is 4.81. The number of rotatable bonds is 3. The van der Waals surface area contributed by atoms with Crippen molar-refractivity contribution in [1.29, 1.82) is 0 Å². The summed E-state index contributed by atoms with van der Waals surface area (Å²) < 4.78 is 2.26. The van der Waals surface area contributed by atoms with Crippen LogP contribution in [0.15, 0.2) is 14.3 Å². The first-order valence-electron chi connectivity index (χ1n) is 5.79. The second-order valence-electron chi connectivity index (χ2n) is 4.27. The van der Waals surface area contributed by atoms with Gasteiger partial charge in [-0.25, -0.2) is 4.98 Å². The molecule has 2 heterocycles. The van der Waals surface area contributed by atoms with Gasteiger partial charge in [0.2, 0.25) is 0 Å². The number of aromatic nitrogens is 1. The molecule has 1 aliphatic rings. The normalized spacial score (nSPS) is 15.9. The van der Waals surface area contributed by atoms with Gasteiger partial charge in [-0.05, 0) is 64.2 Å².